The summed E-state index contributed by atoms with van der Waals surface area (Å²) in [5.74, 6) is -1.34. The summed E-state index contributed by atoms with van der Waals surface area (Å²) in [6.07, 6.45) is -13.5. The fourth-order valence-corrected chi connectivity index (χ4v) is 2.18. The second-order valence-electron chi connectivity index (χ2n) is 5.19. The van der Waals surface area contributed by atoms with Gasteiger partial charge in [0, 0.05) is 5.56 Å². The van der Waals surface area contributed by atoms with Gasteiger partial charge in [0.15, 0.2) is 0 Å². The van der Waals surface area contributed by atoms with Gasteiger partial charge < -0.3 is 5.73 Å². The average Bonchev–Trinajstić information content (AvgIpc) is 2.44. The number of carbonyl (C=O) groups is 2. The molecule has 0 aliphatic rings. The number of carbonyl (C=O) groups excluding carboxylic acids is 2. The van der Waals surface area contributed by atoms with Crippen LogP contribution in [-0.2, 0) is 0 Å². The van der Waals surface area contributed by atoms with Crippen LogP contribution in [0.3, 0.4) is 0 Å². The second-order valence-corrected chi connectivity index (χ2v) is 5.19. The lowest BCUT2D eigenvalue weighted by Crippen LogP contribution is -2.73. The maximum absolute atomic E-state index is 13.3. The molecule has 140 valence electrons. The van der Waals surface area contributed by atoms with Crippen LogP contribution in [0.5, 0.6) is 0 Å². The van der Waals surface area contributed by atoms with Crippen molar-refractivity contribution in [1.82, 2.24) is 10.4 Å². The van der Waals surface area contributed by atoms with Crippen LogP contribution in [0.15, 0.2) is 24.3 Å². The molecule has 1 rings (SSSR count). The van der Waals surface area contributed by atoms with Crippen LogP contribution in [-0.4, -0.2) is 34.8 Å². The van der Waals surface area contributed by atoms with E-state index in [4.69, 9.17) is 5.73 Å². The third kappa shape index (κ3) is 3.80. The van der Waals surface area contributed by atoms with Crippen molar-refractivity contribution < 1.29 is 35.9 Å². The predicted molar refractivity (Wildman–Crippen MR) is 75.2 cm³/mol. The topological polar surface area (TPSA) is 75.4 Å². The fourth-order valence-electron chi connectivity index (χ4n) is 2.18. The van der Waals surface area contributed by atoms with E-state index in [1.54, 1.807) is 6.92 Å². The largest absolute Gasteiger partial charge is 0.422 e. The molecule has 0 saturated heterocycles. The minimum absolute atomic E-state index is 0.244. The second kappa shape index (κ2) is 6.81. The highest BCUT2D eigenvalue weighted by molar-refractivity contribution is 5.95. The van der Waals surface area contributed by atoms with Crippen molar-refractivity contribution in [2.24, 2.45) is 5.73 Å². The summed E-state index contributed by atoms with van der Waals surface area (Å²) in [5, 5.41) is -0.908. The van der Waals surface area contributed by atoms with E-state index >= 15 is 0 Å². The zero-order valence-electron chi connectivity index (χ0n) is 13.1. The molecule has 3 amide bonds. The van der Waals surface area contributed by atoms with Crippen LogP contribution in [0.1, 0.15) is 29.3 Å². The summed E-state index contributed by atoms with van der Waals surface area (Å²) in [6.45, 7) is 2.24. The van der Waals surface area contributed by atoms with Gasteiger partial charge in [-0.15, -0.1) is 0 Å². The van der Waals surface area contributed by atoms with Gasteiger partial charge in [-0.25, -0.2) is 9.80 Å². The average molecular weight is 371 g/mol. The number of primary amides is 1. The van der Waals surface area contributed by atoms with Crippen molar-refractivity contribution in [3.8, 4) is 0 Å². The lowest BCUT2D eigenvalue weighted by atomic mass is 9.93. The maximum Gasteiger partial charge on any atom is 0.422 e. The van der Waals surface area contributed by atoms with Crippen LogP contribution in [0, 0.1) is 6.92 Å². The highest BCUT2D eigenvalue weighted by Crippen LogP contribution is 2.48. The summed E-state index contributed by atoms with van der Waals surface area (Å²) in [7, 11) is 0. The predicted octanol–water partition coefficient (Wildman–Crippen LogP) is 3.29. The van der Waals surface area contributed by atoms with E-state index in [-0.39, 0.29) is 5.56 Å². The Morgan fingerprint density at radius 2 is 1.48 bits per heavy atom. The maximum atomic E-state index is 13.3. The number of nitrogens with two attached hydrogens (primary N) is 1. The monoisotopic (exact) mass is 371 g/mol. The molecular weight excluding hydrogens is 356 g/mol. The highest BCUT2D eigenvalue weighted by atomic mass is 19.4. The van der Waals surface area contributed by atoms with E-state index in [9.17, 15) is 35.9 Å². The molecule has 5 nitrogen and oxygen atoms in total. The third-order valence-electron chi connectivity index (χ3n) is 3.58. The molecule has 0 spiro atoms. The smallest absolute Gasteiger partial charge is 0.350 e. The van der Waals surface area contributed by atoms with Crippen LogP contribution in [0.25, 0.3) is 0 Å². The molecule has 0 bridgehead atoms. The first-order valence-electron chi connectivity index (χ1n) is 6.88. The van der Waals surface area contributed by atoms with Crippen LogP contribution < -0.4 is 11.2 Å². The summed E-state index contributed by atoms with van der Waals surface area (Å²) in [5.41, 5.74) is 1.85. The molecule has 0 heterocycles. The Kier molecular flexibility index (Phi) is 5.60. The Balaban J connectivity index is 3.38. The van der Waals surface area contributed by atoms with Gasteiger partial charge in [0.2, 0.25) is 0 Å². The Bertz CT molecular complexity index is 625. The van der Waals surface area contributed by atoms with Gasteiger partial charge in [-0.3, -0.25) is 10.2 Å². The third-order valence-corrected chi connectivity index (χ3v) is 3.58. The van der Waals surface area contributed by atoms with Crippen molar-refractivity contribution in [2.45, 2.75) is 38.2 Å². The first kappa shape index (κ1) is 20.6. The zero-order chi connectivity index (χ0) is 19.6. The number of alkyl halides is 6. The number of nitrogens with zero attached hydrogens (tertiary/aromatic N) is 1. The van der Waals surface area contributed by atoms with Gasteiger partial charge in [0.05, 0.1) is 0 Å². The number of halogens is 6. The van der Waals surface area contributed by atoms with Gasteiger partial charge in [-0.05, 0) is 25.5 Å². The Morgan fingerprint density at radius 3 is 1.80 bits per heavy atom. The number of aryl methyl sites for hydroxylation is 1. The molecule has 0 aromatic heterocycles. The molecule has 1 aromatic carbocycles. The first-order chi connectivity index (χ1) is 11.3. The van der Waals surface area contributed by atoms with E-state index in [2.05, 4.69) is 0 Å². The molecule has 0 aliphatic heterocycles. The number of hydrogen-bond donors (Lipinski definition) is 2. The highest BCUT2D eigenvalue weighted by Gasteiger charge is 2.74. The van der Waals surface area contributed by atoms with E-state index in [1.807, 2.05) is 0 Å². The van der Waals surface area contributed by atoms with Crippen molar-refractivity contribution in [2.75, 3.05) is 0 Å². The van der Waals surface area contributed by atoms with Gasteiger partial charge in [0.1, 0.15) is 0 Å². The molecular formula is C14H15F6N3O2. The van der Waals surface area contributed by atoms with Crippen LogP contribution in [0.4, 0.5) is 31.1 Å². The van der Waals surface area contributed by atoms with Gasteiger partial charge in [0.25, 0.3) is 11.4 Å². The molecule has 0 fully saturated rings. The summed E-state index contributed by atoms with van der Waals surface area (Å²) < 4.78 is 79.6. The molecule has 0 atom stereocenters. The Morgan fingerprint density at radius 1 is 1.04 bits per heavy atom. The van der Waals surface area contributed by atoms with Crippen molar-refractivity contribution in [1.29, 1.82) is 0 Å². The standard InChI is InChI=1S/C14H15F6N3O2/c1-3-12(13(15,16)17,14(18,19)20)23(11(21)25)22-10(24)9-6-4-8(2)5-7-9/h4-7H,3H2,1-2H3,(H2,21,25)(H,22,24). The van der Waals surface area contributed by atoms with Crippen molar-refractivity contribution in [3.63, 3.8) is 0 Å². The Labute approximate surface area is 138 Å². The number of hydrazine groups is 1. The minimum atomic E-state index is -5.93. The minimum Gasteiger partial charge on any atom is -0.350 e. The quantitative estimate of drug-likeness (QED) is 0.632. The number of hydrogen-bond acceptors (Lipinski definition) is 2. The number of nitrogens with one attached hydrogen (secondary N) is 1. The lowest BCUT2D eigenvalue weighted by Gasteiger charge is -2.43. The van der Waals surface area contributed by atoms with Crippen molar-refractivity contribution in [3.05, 3.63) is 35.4 Å². The normalized spacial score (nSPS) is 12.6. The lowest BCUT2D eigenvalue weighted by molar-refractivity contribution is -0.337. The van der Waals surface area contributed by atoms with E-state index < -0.39 is 41.3 Å². The molecule has 1 aromatic rings. The van der Waals surface area contributed by atoms with E-state index in [0.29, 0.717) is 12.5 Å². The van der Waals surface area contributed by atoms with Crippen LogP contribution in [0.2, 0.25) is 0 Å². The van der Waals surface area contributed by atoms with Gasteiger partial charge in [-0.1, -0.05) is 24.6 Å². The molecule has 11 heteroatoms. The molecule has 3 N–H and O–H groups in total. The zero-order valence-corrected chi connectivity index (χ0v) is 13.1. The van der Waals surface area contributed by atoms with E-state index in [0.717, 1.165) is 0 Å². The number of rotatable bonds is 3. The number of benzene rings is 1. The van der Waals surface area contributed by atoms with Gasteiger partial charge >= 0.3 is 18.4 Å². The molecule has 0 radical (unpaired) electrons. The Hall–Kier alpha value is -2.46. The van der Waals surface area contributed by atoms with E-state index in [1.165, 1.54) is 29.7 Å². The number of amides is 3. The molecule has 0 unspecified atom stereocenters. The molecule has 0 aliphatic carbocycles. The summed E-state index contributed by atoms with van der Waals surface area (Å²) in [4.78, 5) is 23.3. The fraction of sp³-hybridized carbons (Fsp3) is 0.429. The van der Waals surface area contributed by atoms with Gasteiger partial charge in [-0.2, -0.15) is 26.3 Å². The first-order valence-corrected chi connectivity index (χ1v) is 6.88. The molecule has 25 heavy (non-hydrogen) atoms. The molecule has 0 saturated carbocycles. The SMILES string of the molecule is CCC(N(NC(=O)c1ccc(C)cc1)C(N)=O)(C(F)(F)F)C(F)(F)F. The summed E-state index contributed by atoms with van der Waals surface area (Å²) in [6, 6.07) is 3.10. The van der Waals surface area contributed by atoms with Crippen molar-refractivity contribution >= 4 is 11.9 Å². The van der Waals surface area contributed by atoms with Crippen LogP contribution >= 0.6 is 0 Å². The summed E-state index contributed by atoms with van der Waals surface area (Å²) >= 11 is 0. The number of urea groups is 1.